The molecule has 2 heteroatoms. The molecular weight excluding hydrogens is 148 g/mol. The number of likely N-dealkylation sites (tertiary alicyclic amines) is 1. The SMILES string of the molecule is CN1CCC(N(C)C2CCC2)C1. The van der Waals surface area contributed by atoms with Crippen LogP contribution in [0.5, 0.6) is 0 Å². The Morgan fingerprint density at radius 3 is 2.33 bits per heavy atom. The lowest BCUT2D eigenvalue weighted by Gasteiger charge is -2.38. The van der Waals surface area contributed by atoms with E-state index >= 15 is 0 Å². The summed E-state index contributed by atoms with van der Waals surface area (Å²) in [6.07, 6.45) is 5.72. The summed E-state index contributed by atoms with van der Waals surface area (Å²) in [5.41, 5.74) is 0. The monoisotopic (exact) mass is 168 g/mol. The maximum absolute atomic E-state index is 2.62. The van der Waals surface area contributed by atoms with Crippen molar-refractivity contribution >= 4 is 0 Å². The van der Waals surface area contributed by atoms with Gasteiger partial charge in [-0.25, -0.2) is 0 Å². The van der Waals surface area contributed by atoms with Crippen LogP contribution in [-0.4, -0.2) is 49.1 Å². The van der Waals surface area contributed by atoms with Crippen molar-refractivity contribution in [3.8, 4) is 0 Å². The van der Waals surface area contributed by atoms with Gasteiger partial charge in [0.1, 0.15) is 0 Å². The predicted octanol–water partition coefficient (Wildman–Crippen LogP) is 1.17. The van der Waals surface area contributed by atoms with Gasteiger partial charge in [0.2, 0.25) is 0 Å². The largest absolute Gasteiger partial charge is 0.305 e. The first-order valence-electron chi connectivity index (χ1n) is 5.18. The highest BCUT2D eigenvalue weighted by Crippen LogP contribution is 2.27. The lowest BCUT2D eigenvalue weighted by Crippen LogP contribution is -2.44. The van der Waals surface area contributed by atoms with E-state index in [1.807, 2.05) is 0 Å². The molecule has 0 aromatic heterocycles. The standard InChI is InChI=1S/C10H20N2/c1-11-7-6-10(8-11)12(2)9-4-3-5-9/h9-10H,3-8H2,1-2H3. The minimum Gasteiger partial charge on any atom is -0.305 e. The second-order valence-corrected chi connectivity index (χ2v) is 4.45. The summed E-state index contributed by atoms with van der Waals surface area (Å²) in [6, 6.07) is 1.77. The zero-order valence-corrected chi connectivity index (χ0v) is 8.29. The summed E-state index contributed by atoms with van der Waals surface area (Å²) >= 11 is 0. The van der Waals surface area contributed by atoms with Crippen molar-refractivity contribution in [2.45, 2.75) is 37.8 Å². The second kappa shape index (κ2) is 3.35. The van der Waals surface area contributed by atoms with Crippen LogP contribution in [0.15, 0.2) is 0 Å². The van der Waals surface area contributed by atoms with Crippen LogP contribution in [-0.2, 0) is 0 Å². The normalized spacial score (nSPS) is 32.8. The molecule has 0 bridgehead atoms. The van der Waals surface area contributed by atoms with Crippen molar-refractivity contribution in [2.24, 2.45) is 0 Å². The summed E-state index contributed by atoms with van der Waals surface area (Å²) in [4.78, 5) is 5.06. The average molecular weight is 168 g/mol. The van der Waals surface area contributed by atoms with E-state index in [2.05, 4.69) is 23.9 Å². The number of rotatable bonds is 2. The third-order valence-corrected chi connectivity index (χ3v) is 3.59. The van der Waals surface area contributed by atoms with Crippen LogP contribution < -0.4 is 0 Å². The van der Waals surface area contributed by atoms with Gasteiger partial charge in [-0.1, -0.05) is 6.42 Å². The molecule has 0 aromatic rings. The van der Waals surface area contributed by atoms with Crippen LogP contribution in [0.3, 0.4) is 0 Å². The van der Waals surface area contributed by atoms with E-state index in [9.17, 15) is 0 Å². The highest BCUT2D eigenvalue weighted by Gasteiger charge is 2.30. The fraction of sp³-hybridized carbons (Fsp3) is 1.00. The van der Waals surface area contributed by atoms with Crippen LogP contribution in [0, 0.1) is 0 Å². The summed E-state index contributed by atoms with van der Waals surface area (Å²) in [7, 11) is 4.54. The molecule has 1 heterocycles. The zero-order chi connectivity index (χ0) is 8.55. The Balaban J connectivity index is 1.83. The lowest BCUT2D eigenvalue weighted by atomic mass is 9.91. The van der Waals surface area contributed by atoms with Gasteiger partial charge in [-0.2, -0.15) is 0 Å². The van der Waals surface area contributed by atoms with E-state index in [1.54, 1.807) is 0 Å². The van der Waals surface area contributed by atoms with Crippen LogP contribution in [0.25, 0.3) is 0 Å². The number of likely N-dealkylation sites (N-methyl/N-ethyl adjacent to an activating group) is 2. The van der Waals surface area contributed by atoms with Gasteiger partial charge in [0.15, 0.2) is 0 Å². The van der Waals surface area contributed by atoms with E-state index in [1.165, 1.54) is 38.8 Å². The second-order valence-electron chi connectivity index (χ2n) is 4.45. The summed E-state index contributed by atoms with van der Waals surface area (Å²) in [5, 5.41) is 0. The first-order valence-corrected chi connectivity index (χ1v) is 5.18. The molecule has 1 aliphatic carbocycles. The minimum atomic E-state index is 0.847. The third kappa shape index (κ3) is 1.50. The van der Waals surface area contributed by atoms with Crippen LogP contribution in [0.1, 0.15) is 25.7 Å². The molecule has 0 N–H and O–H groups in total. The van der Waals surface area contributed by atoms with Gasteiger partial charge < -0.3 is 4.90 Å². The molecule has 1 unspecified atom stereocenters. The van der Waals surface area contributed by atoms with Crippen molar-refractivity contribution in [3.63, 3.8) is 0 Å². The number of hydrogen-bond acceptors (Lipinski definition) is 2. The van der Waals surface area contributed by atoms with Crippen LogP contribution in [0.4, 0.5) is 0 Å². The Labute approximate surface area is 75.5 Å². The van der Waals surface area contributed by atoms with Gasteiger partial charge in [0.05, 0.1) is 0 Å². The summed E-state index contributed by atoms with van der Waals surface area (Å²) in [6.45, 7) is 2.58. The molecule has 2 nitrogen and oxygen atoms in total. The quantitative estimate of drug-likeness (QED) is 0.611. The summed E-state index contributed by atoms with van der Waals surface area (Å²) < 4.78 is 0. The Kier molecular flexibility index (Phi) is 2.37. The maximum atomic E-state index is 2.62. The van der Waals surface area contributed by atoms with E-state index in [4.69, 9.17) is 0 Å². The van der Waals surface area contributed by atoms with Gasteiger partial charge >= 0.3 is 0 Å². The molecule has 1 aliphatic heterocycles. The fourth-order valence-electron chi connectivity index (χ4n) is 2.34. The first kappa shape index (κ1) is 8.52. The molecular formula is C10H20N2. The van der Waals surface area contributed by atoms with E-state index in [-0.39, 0.29) is 0 Å². The van der Waals surface area contributed by atoms with Crippen molar-refractivity contribution in [3.05, 3.63) is 0 Å². The molecule has 0 amide bonds. The van der Waals surface area contributed by atoms with Gasteiger partial charge in [-0.05, 0) is 39.9 Å². The molecule has 2 fully saturated rings. The fourth-order valence-corrected chi connectivity index (χ4v) is 2.34. The summed E-state index contributed by atoms with van der Waals surface area (Å²) in [5.74, 6) is 0. The maximum Gasteiger partial charge on any atom is 0.0235 e. The molecule has 0 radical (unpaired) electrons. The Hall–Kier alpha value is -0.0800. The highest BCUT2D eigenvalue weighted by molar-refractivity contribution is 4.87. The molecule has 1 saturated heterocycles. The van der Waals surface area contributed by atoms with Gasteiger partial charge in [0, 0.05) is 18.6 Å². The highest BCUT2D eigenvalue weighted by atomic mass is 15.2. The third-order valence-electron chi connectivity index (χ3n) is 3.59. The van der Waals surface area contributed by atoms with Crippen LogP contribution >= 0.6 is 0 Å². The van der Waals surface area contributed by atoms with Gasteiger partial charge in [-0.3, -0.25) is 4.90 Å². The molecule has 70 valence electrons. The van der Waals surface area contributed by atoms with Crippen molar-refractivity contribution in [1.82, 2.24) is 9.80 Å². The Bertz CT molecular complexity index is 154. The average Bonchev–Trinajstić information content (AvgIpc) is 2.31. The topological polar surface area (TPSA) is 6.48 Å². The number of hydrogen-bond donors (Lipinski definition) is 0. The predicted molar refractivity (Wildman–Crippen MR) is 51.3 cm³/mol. The molecule has 1 saturated carbocycles. The molecule has 1 atom stereocenters. The van der Waals surface area contributed by atoms with Gasteiger partial charge in [0.25, 0.3) is 0 Å². The number of nitrogens with zero attached hydrogens (tertiary/aromatic N) is 2. The van der Waals surface area contributed by atoms with Crippen molar-refractivity contribution < 1.29 is 0 Å². The van der Waals surface area contributed by atoms with Crippen molar-refractivity contribution in [1.29, 1.82) is 0 Å². The van der Waals surface area contributed by atoms with Crippen molar-refractivity contribution in [2.75, 3.05) is 27.2 Å². The van der Waals surface area contributed by atoms with Gasteiger partial charge in [-0.15, -0.1) is 0 Å². The smallest absolute Gasteiger partial charge is 0.0235 e. The first-order chi connectivity index (χ1) is 5.77. The lowest BCUT2D eigenvalue weighted by molar-refractivity contribution is 0.113. The van der Waals surface area contributed by atoms with E-state index in [0.29, 0.717) is 0 Å². The molecule has 0 aromatic carbocycles. The van der Waals surface area contributed by atoms with E-state index < -0.39 is 0 Å². The molecule has 2 aliphatic rings. The molecule has 12 heavy (non-hydrogen) atoms. The Morgan fingerprint density at radius 1 is 1.17 bits per heavy atom. The molecule has 0 spiro atoms. The Morgan fingerprint density at radius 2 is 1.92 bits per heavy atom. The minimum absolute atomic E-state index is 0.847. The van der Waals surface area contributed by atoms with E-state index in [0.717, 1.165) is 12.1 Å². The zero-order valence-electron chi connectivity index (χ0n) is 8.29. The molecule has 2 rings (SSSR count). The van der Waals surface area contributed by atoms with Crippen LogP contribution in [0.2, 0.25) is 0 Å².